The Morgan fingerprint density at radius 1 is 1.33 bits per heavy atom. The number of nitrogens with one attached hydrogen (secondary N) is 1. The minimum atomic E-state index is -0.345. The van der Waals surface area contributed by atoms with Crippen LogP contribution >= 0.6 is 11.8 Å². The van der Waals surface area contributed by atoms with Crippen LogP contribution in [-0.4, -0.2) is 23.7 Å². The Bertz CT molecular complexity index is 445. The van der Waals surface area contributed by atoms with Gasteiger partial charge in [0.25, 0.3) is 5.91 Å². The van der Waals surface area contributed by atoms with Crippen molar-refractivity contribution in [3.05, 3.63) is 35.4 Å². The maximum Gasteiger partial charge on any atom is 0.251 e. The zero-order valence-corrected chi connectivity index (χ0v) is 14.4. The number of hydrogen-bond acceptors (Lipinski definition) is 3. The average Bonchev–Trinajstić information content (AvgIpc) is 2.44. The van der Waals surface area contributed by atoms with Crippen LogP contribution in [0.4, 0.5) is 0 Å². The van der Waals surface area contributed by atoms with Crippen LogP contribution in [0.15, 0.2) is 24.3 Å². The Hall–Kier alpha value is -1.00. The molecule has 0 heterocycles. The molecule has 0 radical (unpaired) electrons. The number of hydrogen-bond donors (Lipinski definition) is 2. The second-order valence-corrected chi connectivity index (χ2v) is 7.43. The smallest absolute Gasteiger partial charge is 0.251 e. The summed E-state index contributed by atoms with van der Waals surface area (Å²) in [5.41, 5.74) is 7.45. The number of benzene rings is 1. The van der Waals surface area contributed by atoms with Gasteiger partial charge in [-0.2, -0.15) is 11.8 Å². The van der Waals surface area contributed by atoms with E-state index in [1.807, 2.05) is 43.0 Å². The van der Waals surface area contributed by atoms with Crippen LogP contribution in [0.5, 0.6) is 0 Å². The summed E-state index contributed by atoms with van der Waals surface area (Å²) in [6.45, 7) is 8.88. The van der Waals surface area contributed by atoms with Crippen molar-refractivity contribution in [2.45, 2.75) is 45.4 Å². The summed E-state index contributed by atoms with van der Waals surface area (Å²) in [6, 6.07) is 7.85. The summed E-state index contributed by atoms with van der Waals surface area (Å²) in [7, 11) is 0. The van der Waals surface area contributed by atoms with Gasteiger partial charge in [0, 0.05) is 23.4 Å². The van der Waals surface area contributed by atoms with Gasteiger partial charge in [-0.1, -0.05) is 32.9 Å². The molecule has 0 fully saturated rings. The molecular weight excluding hydrogens is 280 g/mol. The minimum absolute atomic E-state index is 0.0432. The van der Waals surface area contributed by atoms with Crippen molar-refractivity contribution < 1.29 is 4.79 Å². The van der Waals surface area contributed by atoms with Crippen LogP contribution in [-0.2, 0) is 5.75 Å². The van der Waals surface area contributed by atoms with E-state index in [2.05, 4.69) is 26.1 Å². The Morgan fingerprint density at radius 3 is 2.43 bits per heavy atom. The van der Waals surface area contributed by atoms with Gasteiger partial charge in [0.15, 0.2) is 0 Å². The molecule has 0 aliphatic heterocycles. The molecule has 0 saturated heterocycles. The summed E-state index contributed by atoms with van der Waals surface area (Å²) in [5, 5.41) is 3.08. The van der Waals surface area contributed by atoms with Crippen molar-refractivity contribution in [3.8, 4) is 0 Å². The lowest BCUT2D eigenvalue weighted by atomic mass is 9.90. The fraction of sp³-hybridized carbons (Fsp3) is 0.588. The highest BCUT2D eigenvalue weighted by Gasteiger charge is 2.26. The molecule has 4 heteroatoms. The number of amides is 1. The molecule has 3 N–H and O–H groups in total. The van der Waals surface area contributed by atoms with Crippen LogP contribution in [0.3, 0.4) is 0 Å². The molecule has 3 nitrogen and oxygen atoms in total. The van der Waals surface area contributed by atoms with Gasteiger partial charge in [-0.25, -0.2) is 0 Å². The van der Waals surface area contributed by atoms with E-state index in [4.69, 9.17) is 5.73 Å². The third-order valence-corrected chi connectivity index (χ3v) is 4.36. The Labute approximate surface area is 133 Å². The van der Waals surface area contributed by atoms with E-state index < -0.39 is 0 Å². The SMILES string of the molecule is CCSCc1ccc(C(=O)NC(C)(CN)CC(C)C)cc1. The van der Waals surface area contributed by atoms with Gasteiger partial charge in [0.1, 0.15) is 0 Å². The monoisotopic (exact) mass is 308 g/mol. The van der Waals surface area contributed by atoms with E-state index in [1.165, 1.54) is 5.56 Å². The fourth-order valence-electron chi connectivity index (χ4n) is 2.40. The second-order valence-electron chi connectivity index (χ2n) is 6.15. The molecule has 1 aromatic carbocycles. The summed E-state index contributed by atoms with van der Waals surface area (Å²) in [5.74, 6) is 2.55. The quantitative estimate of drug-likeness (QED) is 0.773. The van der Waals surface area contributed by atoms with Gasteiger partial charge in [-0.3, -0.25) is 4.79 Å². The topological polar surface area (TPSA) is 55.1 Å². The standard InChI is InChI=1S/C17H28N2OS/c1-5-21-11-14-6-8-15(9-7-14)16(20)19-17(4,12-18)10-13(2)3/h6-9,13H,5,10-12,18H2,1-4H3,(H,19,20). The molecule has 0 spiro atoms. The molecule has 21 heavy (non-hydrogen) atoms. The van der Waals surface area contributed by atoms with Crippen LogP contribution < -0.4 is 11.1 Å². The molecule has 0 aromatic heterocycles. The molecule has 1 aromatic rings. The average molecular weight is 308 g/mol. The van der Waals surface area contributed by atoms with Crippen molar-refractivity contribution in [1.29, 1.82) is 0 Å². The lowest BCUT2D eigenvalue weighted by molar-refractivity contribution is 0.0898. The van der Waals surface area contributed by atoms with Gasteiger partial charge in [-0.05, 0) is 42.7 Å². The predicted molar refractivity (Wildman–Crippen MR) is 92.7 cm³/mol. The van der Waals surface area contributed by atoms with E-state index in [0.29, 0.717) is 18.0 Å². The van der Waals surface area contributed by atoms with Crippen molar-refractivity contribution in [1.82, 2.24) is 5.32 Å². The predicted octanol–water partition coefficient (Wildman–Crippen LogP) is 3.43. The molecule has 1 rings (SSSR count). The normalized spacial score (nSPS) is 14.0. The first kappa shape index (κ1) is 18.1. The van der Waals surface area contributed by atoms with Crippen LogP contribution in [0.2, 0.25) is 0 Å². The Balaban J connectivity index is 2.70. The van der Waals surface area contributed by atoms with Crippen LogP contribution in [0.1, 0.15) is 50.0 Å². The second kappa shape index (κ2) is 8.44. The third-order valence-electron chi connectivity index (χ3n) is 3.41. The highest BCUT2D eigenvalue weighted by molar-refractivity contribution is 7.98. The fourth-order valence-corrected chi connectivity index (χ4v) is 3.04. The highest BCUT2D eigenvalue weighted by atomic mass is 32.2. The Morgan fingerprint density at radius 2 is 1.95 bits per heavy atom. The number of nitrogens with two attached hydrogens (primary N) is 1. The number of rotatable bonds is 8. The molecule has 118 valence electrons. The number of thioether (sulfide) groups is 1. The molecule has 0 saturated carbocycles. The number of carbonyl (C=O) groups is 1. The van der Waals surface area contributed by atoms with Gasteiger partial charge >= 0.3 is 0 Å². The van der Waals surface area contributed by atoms with E-state index in [0.717, 1.165) is 17.9 Å². The Kier molecular flexibility index (Phi) is 7.26. The first-order valence-corrected chi connectivity index (χ1v) is 8.75. The van der Waals surface area contributed by atoms with Crippen molar-refractivity contribution >= 4 is 17.7 Å². The van der Waals surface area contributed by atoms with Crippen molar-refractivity contribution in [2.75, 3.05) is 12.3 Å². The maximum atomic E-state index is 12.4. The van der Waals surface area contributed by atoms with Gasteiger partial charge in [-0.15, -0.1) is 0 Å². The minimum Gasteiger partial charge on any atom is -0.346 e. The summed E-state index contributed by atoms with van der Waals surface area (Å²) < 4.78 is 0. The largest absolute Gasteiger partial charge is 0.346 e. The van der Waals surface area contributed by atoms with E-state index in [9.17, 15) is 4.79 Å². The third kappa shape index (κ3) is 6.10. The molecule has 1 atom stereocenters. The molecule has 1 amide bonds. The molecule has 1 unspecified atom stereocenters. The lowest BCUT2D eigenvalue weighted by Gasteiger charge is -2.31. The molecule has 0 aliphatic rings. The van der Waals surface area contributed by atoms with Crippen LogP contribution in [0.25, 0.3) is 0 Å². The zero-order chi connectivity index (χ0) is 15.9. The summed E-state index contributed by atoms with van der Waals surface area (Å²) in [6.07, 6.45) is 0.875. The van der Waals surface area contributed by atoms with E-state index in [1.54, 1.807) is 0 Å². The van der Waals surface area contributed by atoms with E-state index >= 15 is 0 Å². The summed E-state index contributed by atoms with van der Waals surface area (Å²) >= 11 is 1.88. The van der Waals surface area contributed by atoms with E-state index in [-0.39, 0.29) is 11.4 Å². The molecule has 0 aliphatic carbocycles. The molecular formula is C17H28N2OS. The van der Waals surface area contributed by atoms with Crippen LogP contribution in [0, 0.1) is 5.92 Å². The van der Waals surface area contributed by atoms with Crippen molar-refractivity contribution in [2.24, 2.45) is 11.7 Å². The maximum absolute atomic E-state index is 12.4. The van der Waals surface area contributed by atoms with Crippen molar-refractivity contribution in [3.63, 3.8) is 0 Å². The first-order chi connectivity index (χ1) is 9.90. The number of carbonyl (C=O) groups excluding carboxylic acids is 1. The highest BCUT2D eigenvalue weighted by Crippen LogP contribution is 2.17. The lowest BCUT2D eigenvalue weighted by Crippen LogP contribution is -2.52. The first-order valence-electron chi connectivity index (χ1n) is 7.59. The van der Waals surface area contributed by atoms with Gasteiger partial charge < -0.3 is 11.1 Å². The molecule has 0 bridgehead atoms. The zero-order valence-electron chi connectivity index (χ0n) is 13.6. The van der Waals surface area contributed by atoms with Gasteiger partial charge in [0.05, 0.1) is 0 Å². The summed E-state index contributed by atoms with van der Waals surface area (Å²) in [4.78, 5) is 12.4. The van der Waals surface area contributed by atoms with Gasteiger partial charge in [0.2, 0.25) is 0 Å².